The number of nitrogens with one attached hydrogen (secondary N) is 2. The van der Waals surface area contributed by atoms with Gasteiger partial charge in [0.1, 0.15) is 11.8 Å². The van der Waals surface area contributed by atoms with E-state index >= 15 is 0 Å². The van der Waals surface area contributed by atoms with Gasteiger partial charge in [-0.15, -0.1) is 0 Å². The summed E-state index contributed by atoms with van der Waals surface area (Å²) in [6.07, 6.45) is 0.956. The number of para-hydroxylation sites is 2. The molecule has 1 heterocycles. The van der Waals surface area contributed by atoms with Gasteiger partial charge in [-0.1, -0.05) is 12.1 Å². The Labute approximate surface area is 154 Å². The molecule has 3 aromatic rings. The van der Waals surface area contributed by atoms with Crippen molar-refractivity contribution in [2.45, 2.75) is 13.0 Å². The Morgan fingerprint density at radius 3 is 2.74 bits per heavy atom. The molecule has 0 aliphatic rings. The van der Waals surface area contributed by atoms with Crippen LogP contribution < -0.4 is 20.3 Å². The molecule has 0 bridgehead atoms. The predicted octanol–water partition coefficient (Wildman–Crippen LogP) is 2.72. The molecule has 0 aliphatic heterocycles. The van der Waals surface area contributed by atoms with E-state index in [1.54, 1.807) is 19.2 Å². The first kappa shape index (κ1) is 18.2. The first-order chi connectivity index (χ1) is 13.0. The maximum absolute atomic E-state index is 11.8. The Kier molecular flexibility index (Phi) is 5.20. The largest absolute Gasteiger partial charge is 0.493 e. The lowest BCUT2D eigenvalue weighted by Gasteiger charge is -2.18. The number of anilines is 1. The van der Waals surface area contributed by atoms with Gasteiger partial charge < -0.3 is 19.8 Å². The van der Waals surface area contributed by atoms with Gasteiger partial charge in [-0.25, -0.2) is 4.98 Å². The lowest BCUT2D eigenvalue weighted by Crippen LogP contribution is -2.23. The predicted molar refractivity (Wildman–Crippen MR) is 101 cm³/mol. The molecule has 1 atom stereocenters. The Morgan fingerprint density at radius 2 is 2.04 bits per heavy atom. The number of aromatic nitrogens is 2. The number of H-pyrrole nitrogens is 1. The van der Waals surface area contributed by atoms with Gasteiger partial charge in [0.15, 0.2) is 11.5 Å². The molecule has 0 fully saturated rings. The molecule has 0 aliphatic carbocycles. The molecular weight excluding hydrogens is 352 g/mol. The molecule has 27 heavy (non-hydrogen) atoms. The fourth-order valence-electron chi connectivity index (χ4n) is 2.62. The van der Waals surface area contributed by atoms with Gasteiger partial charge in [-0.3, -0.25) is 14.9 Å². The second kappa shape index (κ2) is 7.73. The molecule has 140 valence electrons. The Hall–Kier alpha value is -3.62. The van der Waals surface area contributed by atoms with E-state index in [-0.39, 0.29) is 22.9 Å². The highest BCUT2D eigenvalue weighted by Crippen LogP contribution is 2.29. The van der Waals surface area contributed by atoms with Crippen LogP contribution in [0.4, 0.5) is 11.4 Å². The van der Waals surface area contributed by atoms with Crippen molar-refractivity contribution in [1.82, 2.24) is 9.97 Å². The summed E-state index contributed by atoms with van der Waals surface area (Å²) in [4.78, 5) is 29.1. The third kappa shape index (κ3) is 3.97. The van der Waals surface area contributed by atoms with Crippen molar-refractivity contribution in [2.75, 3.05) is 19.0 Å². The summed E-state index contributed by atoms with van der Waals surface area (Å²) < 4.78 is 11.1. The molecule has 1 aromatic heterocycles. The summed E-state index contributed by atoms with van der Waals surface area (Å²) in [5, 5.41) is 14.5. The zero-order chi connectivity index (χ0) is 19.4. The summed E-state index contributed by atoms with van der Waals surface area (Å²) in [6.45, 7) is 2.13. The number of nitro groups is 1. The van der Waals surface area contributed by atoms with E-state index < -0.39 is 10.5 Å². The van der Waals surface area contributed by atoms with Crippen LogP contribution in [0.15, 0.2) is 47.5 Å². The van der Waals surface area contributed by atoms with Crippen molar-refractivity contribution in [3.63, 3.8) is 0 Å². The van der Waals surface area contributed by atoms with Crippen LogP contribution in [0.25, 0.3) is 10.9 Å². The molecule has 0 saturated carbocycles. The molecule has 3 rings (SSSR count). The molecule has 9 nitrogen and oxygen atoms in total. The van der Waals surface area contributed by atoms with Crippen molar-refractivity contribution in [3.05, 3.63) is 63.2 Å². The average molecular weight is 370 g/mol. The van der Waals surface area contributed by atoms with E-state index in [1.807, 2.05) is 19.1 Å². The molecule has 0 radical (unpaired) electrons. The minimum atomic E-state index is -0.542. The van der Waals surface area contributed by atoms with Gasteiger partial charge in [-0.05, 0) is 25.1 Å². The van der Waals surface area contributed by atoms with Crippen LogP contribution in [0.1, 0.15) is 6.92 Å². The van der Waals surface area contributed by atoms with Crippen molar-refractivity contribution < 1.29 is 14.4 Å². The number of methoxy groups -OCH3 is 1. The molecule has 0 amide bonds. The van der Waals surface area contributed by atoms with Crippen LogP contribution in [0.5, 0.6) is 11.5 Å². The van der Waals surface area contributed by atoms with Crippen molar-refractivity contribution in [1.29, 1.82) is 0 Å². The second-order valence-corrected chi connectivity index (χ2v) is 5.84. The molecule has 2 N–H and O–H groups in total. The maximum atomic E-state index is 11.8. The number of rotatable bonds is 7. The topological polar surface area (TPSA) is 119 Å². The second-order valence-electron chi connectivity index (χ2n) is 5.84. The molecule has 0 spiro atoms. The summed E-state index contributed by atoms with van der Waals surface area (Å²) >= 11 is 0. The number of nitrogens with zero attached hydrogens (tertiary/aromatic N) is 2. The van der Waals surface area contributed by atoms with E-state index in [0.29, 0.717) is 23.6 Å². The van der Waals surface area contributed by atoms with Gasteiger partial charge in [0.2, 0.25) is 0 Å². The minimum absolute atomic E-state index is 0.160. The molecule has 2 aromatic carbocycles. The third-order valence-electron chi connectivity index (χ3n) is 3.93. The minimum Gasteiger partial charge on any atom is -0.493 e. The van der Waals surface area contributed by atoms with Gasteiger partial charge in [0.25, 0.3) is 11.2 Å². The Morgan fingerprint density at radius 1 is 1.30 bits per heavy atom. The van der Waals surface area contributed by atoms with E-state index in [0.717, 1.165) is 0 Å². The molecule has 1 unspecified atom stereocenters. The van der Waals surface area contributed by atoms with E-state index in [4.69, 9.17) is 9.47 Å². The van der Waals surface area contributed by atoms with Crippen LogP contribution in [-0.4, -0.2) is 34.6 Å². The number of ether oxygens (including phenoxy) is 2. The SMILES string of the molecule is COc1ccccc1OC(C)CNc1cc2nc[nH]c(=O)c2cc1[N+](=O)[O-]. The first-order valence-electron chi connectivity index (χ1n) is 8.19. The van der Waals surface area contributed by atoms with Crippen molar-refractivity contribution in [3.8, 4) is 11.5 Å². The van der Waals surface area contributed by atoms with Crippen LogP contribution in [-0.2, 0) is 0 Å². The molecule has 9 heteroatoms. The number of benzene rings is 2. The van der Waals surface area contributed by atoms with E-state index in [1.165, 1.54) is 18.5 Å². The fraction of sp³-hybridized carbons (Fsp3) is 0.222. The van der Waals surface area contributed by atoms with Crippen molar-refractivity contribution >= 4 is 22.3 Å². The zero-order valence-corrected chi connectivity index (χ0v) is 14.8. The highest BCUT2D eigenvalue weighted by molar-refractivity contribution is 5.86. The van der Waals surface area contributed by atoms with Crippen LogP contribution in [0.2, 0.25) is 0 Å². The molecular formula is C18H18N4O5. The number of nitro benzene ring substituents is 1. The number of hydrogen-bond acceptors (Lipinski definition) is 7. The first-order valence-corrected chi connectivity index (χ1v) is 8.19. The van der Waals surface area contributed by atoms with Gasteiger partial charge in [-0.2, -0.15) is 0 Å². The zero-order valence-electron chi connectivity index (χ0n) is 14.8. The van der Waals surface area contributed by atoms with Gasteiger partial charge >= 0.3 is 0 Å². The van der Waals surface area contributed by atoms with E-state index in [9.17, 15) is 14.9 Å². The quantitative estimate of drug-likeness (QED) is 0.485. The smallest absolute Gasteiger partial charge is 0.293 e. The van der Waals surface area contributed by atoms with Crippen LogP contribution in [0.3, 0.4) is 0 Å². The van der Waals surface area contributed by atoms with Crippen molar-refractivity contribution in [2.24, 2.45) is 0 Å². The lowest BCUT2D eigenvalue weighted by molar-refractivity contribution is -0.383. The number of hydrogen-bond donors (Lipinski definition) is 2. The van der Waals surface area contributed by atoms with E-state index in [2.05, 4.69) is 15.3 Å². The Balaban J connectivity index is 1.80. The monoisotopic (exact) mass is 370 g/mol. The maximum Gasteiger partial charge on any atom is 0.293 e. The fourth-order valence-corrected chi connectivity index (χ4v) is 2.62. The lowest BCUT2D eigenvalue weighted by atomic mass is 10.2. The summed E-state index contributed by atoms with van der Waals surface area (Å²) in [5.41, 5.74) is -0.000701. The summed E-state index contributed by atoms with van der Waals surface area (Å²) in [6, 6.07) is 9.93. The highest BCUT2D eigenvalue weighted by atomic mass is 16.6. The van der Waals surface area contributed by atoms with Gasteiger partial charge in [0, 0.05) is 6.07 Å². The van der Waals surface area contributed by atoms with Crippen LogP contribution in [0, 0.1) is 10.1 Å². The average Bonchev–Trinajstić information content (AvgIpc) is 2.66. The number of fused-ring (bicyclic) bond motifs is 1. The normalized spacial score (nSPS) is 11.8. The molecule has 0 saturated heterocycles. The highest BCUT2D eigenvalue weighted by Gasteiger charge is 2.18. The third-order valence-corrected chi connectivity index (χ3v) is 3.93. The summed E-state index contributed by atoms with van der Waals surface area (Å²) in [7, 11) is 1.55. The summed E-state index contributed by atoms with van der Waals surface area (Å²) in [5.74, 6) is 1.18. The Bertz CT molecular complexity index is 1030. The van der Waals surface area contributed by atoms with Gasteiger partial charge in [0.05, 0.1) is 35.8 Å². The van der Waals surface area contributed by atoms with Crippen LogP contribution >= 0.6 is 0 Å². The number of aromatic amines is 1. The standard InChI is InChI=1S/C18H18N4O5/c1-11(27-17-6-4-3-5-16(17)26-2)9-19-14-8-13-12(7-15(14)22(24)25)18(23)21-10-20-13/h3-8,10-11,19H,9H2,1-2H3,(H,20,21,23).